The van der Waals surface area contributed by atoms with Crippen LogP contribution in [0.1, 0.15) is 28.4 Å². The number of halogens is 1. The molecule has 1 atom stereocenters. The van der Waals surface area contributed by atoms with Gasteiger partial charge in [-0.3, -0.25) is 4.79 Å². The molecule has 0 bridgehead atoms. The van der Waals surface area contributed by atoms with Crippen LogP contribution in [0.2, 0.25) is 0 Å². The molecule has 1 aromatic heterocycles. The van der Waals surface area contributed by atoms with E-state index in [2.05, 4.69) is 21.2 Å². The van der Waals surface area contributed by atoms with Gasteiger partial charge in [0.05, 0.1) is 11.1 Å². The van der Waals surface area contributed by atoms with Crippen LogP contribution < -0.4 is 5.32 Å². The smallest absolute Gasteiger partial charge is 0.253 e. The van der Waals surface area contributed by atoms with Crippen molar-refractivity contribution in [1.82, 2.24) is 5.32 Å². The molecule has 1 amide bonds. The number of alkyl halides is 1. The predicted octanol–water partition coefficient (Wildman–Crippen LogP) is 4.10. The number of carbonyl (C=O) groups is 1. The van der Waals surface area contributed by atoms with Gasteiger partial charge < -0.3 is 5.32 Å². The Kier molecular flexibility index (Phi) is 4.42. The second-order valence-corrected chi connectivity index (χ2v) is 6.06. The maximum atomic E-state index is 12.3. The lowest BCUT2D eigenvalue weighted by atomic mass is 9.94. The second kappa shape index (κ2) is 5.88. The van der Waals surface area contributed by atoms with Crippen LogP contribution in [0, 0.1) is 6.92 Å². The third-order valence-electron chi connectivity index (χ3n) is 3.17. The summed E-state index contributed by atoms with van der Waals surface area (Å²) in [5, 5.41) is 7.67. The monoisotopic (exact) mass is 337 g/mol. The van der Waals surface area contributed by atoms with Crippen LogP contribution in [-0.2, 0) is 5.54 Å². The zero-order valence-corrected chi connectivity index (χ0v) is 13.3. The molecule has 0 spiro atoms. The molecule has 0 aliphatic heterocycles. The van der Waals surface area contributed by atoms with Gasteiger partial charge in [0.15, 0.2) is 0 Å². The molecule has 2 rings (SSSR count). The Balaban J connectivity index is 2.25. The third-order valence-corrected chi connectivity index (χ3v) is 5.15. The number of carbonyl (C=O) groups excluding carboxylic acids is 1. The highest BCUT2D eigenvalue weighted by Crippen LogP contribution is 2.24. The van der Waals surface area contributed by atoms with Gasteiger partial charge in [-0.05, 0) is 30.4 Å². The highest BCUT2D eigenvalue weighted by atomic mass is 79.9. The van der Waals surface area contributed by atoms with Crippen molar-refractivity contribution in [2.75, 3.05) is 5.33 Å². The first-order valence-corrected chi connectivity index (χ1v) is 8.10. The van der Waals surface area contributed by atoms with Crippen LogP contribution in [0.4, 0.5) is 0 Å². The van der Waals surface area contributed by atoms with Gasteiger partial charge >= 0.3 is 0 Å². The summed E-state index contributed by atoms with van der Waals surface area (Å²) in [6, 6.07) is 10.0. The van der Waals surface area contributed by atoms with Crippen molar-refractivity contribution in [2.24, 2.45) is 0 Å². The van der Waals surface area contributed by atoms with Crippen LogP contribution in [-0.4, -0.2) is 11.2 Å². The zero-order valence-electron chi connectivity index (χ0n) is 10.9. The van der Waals surface area contributed by atoms with E-state index in [0.29, 0.717) is 5.33 Å². The molecule has 1 unspecified atom stereocenters. The second-order valence-electron chi connectivity index (χ2n) is 4.75. The summed E-state index contributed by atoms with van der Waals surface area (Å²) in [6.45, 7) is 3.98. The number of nitrogens with one attached hydrogen (secondary N) is 1. The number of aryl methyl sites for hydroxylation is 1. The highest BCUT2D eigenvalue weighted by Gasteiger charge is 2.28. The maximum Gasteiger partial charge on any atom is 0.253 e. The minimum Gasteiger partial charge on any atom is -0.342 e. The Labute approximate surface area is 126 Å². The minimum atomic E-state index is -0.410. The van der Waals surface area contributed by atoms with Crippen LogP contribution in [0.25, 0.3) is 0 Å². The van der Waals surface area contributed by atoms with Gasteiger partial charge in [-0.25, -0.2) is 0 Å². The van der Waals surface area contributed by atoms with E-state index in [0.717, 1.165) is 16.7 Å². The van der Waals surface area contributed by atoms with E-state index in [1.54, 1.807) is 11.3 Å². The molecule has 1 aromatic carbocycles. The van der Waals surface area contributed by atoms with E-state index >= 15 is 0 Å². The van der Waals surface area contributed by atoms with Crippen molar-refractivity contribution in [3.8, 4) is 0 Å². The normalized spacial score (nSPS) is 13.8. The Morgan fingerprint density at radius 2 is 2.00 bits per heavy atom. The Bertz CT molecular complexity index is 567. The van der Waals surface area contributed by atoms with Crippen molar-refractivity contribution < 1.29 is 4.79 Å². The van der Waals surface area contributed by atoms with Gasteiger partial charge in [0.1, 0.15) is 0 Å². The summed E-state index contributed by atoms with van der Waals surface area (Å²) in [6.07, 6.45) is 0. The topological polar surface area (TPSA) is 29.1 Å². The van der Waals surface area contributed by atoms with Crippen molar-refractivity contribution >= 4 is 33.2 Å². The molecule has 0 radical (unpaired) electrons. The van der Waals surface area contributed by atoms with E-state index in [4.69, 9.17) is 0 Å². The largest absolute Gasteiger partial charge is 0.342 e. The lowest BCUT2D eigenvalue weighted by Crippen LogP contribution is -2.45. The molecule has 0 saturated carbocycles. The number of thiophene rings is 1. The molecule has 0 fully saturated rings. The van der Waals surface area contributed by atoms with E-state index < -0.39 is 5.54 Å². The number of hydrogen-bond acceptors (Lipinski definition) is 2. The molecular formula is C15H16BrNOS. The predicted molar refractivity (Wildman–Crippen MR) is 84.1 cm³/mol. The van der Waals surface area contributed by atoms with Gasteiger partial charge in [0.25, 0.3) is 5.91 Å². The Hall–Kier alpha value is -1.13. The first-order chi connectivity index (χ1) is 9.07. The highest BCUT2D eigenvalue weighted by molar-refractivity contribution is 9.09. The van der Waals surface area contributed by atoms with Gasteiger partial charge in [0.2, 0.25) is 0 Å². The third kappa shape index (κ3) is 3.07. The standard InChI is InChI=1S/C15H16BrNOS/c1-11-8-19-9-13(11)14(18)17-15(2,10-16)12-6-4-3-5-7-12/h3-9H,10H2,1-2H3,(H,17,18). The fourth-order valence-electron chi connectivity index (χ4n) is 1.90. The zero-order chi connectivity index (χ0) is 13.9. The first kappa shape index (κ1) is 14.3. The fourth-order valence-corrected chi connectivity index (χ4v) is 3.19. The van der Waals surface area contributed by atoms with E-state index in [1.165, 1.54) is 0 Å². The van der Waals surface area contributed by atoms with Crippen molar-refractivity contribution in [2.45, 2.75) is 19.4 Å². The lowest BCUT2D eigenvalue weighted by Gasteiger charge is -2.29. The summed E-state index contributed by atoms with van der Waals surface area (Å²) in [7, 11) is 0. The summed E-state index contributed by atoms with van der Waals surface area (Å²) < 4.78 is 0. The van der Waals surface area contributed by atoms with E-state index in [-0.39, 0.29) is 5.91 Å². The SMILES string of the molecule is Cc1cscc1C(=O)NC(C)(CBr)c1ccccc1. The van der Waals surface area contributed by atoms with Crippen molar-refractivity contribution in [3.63, 3.8) is 0 Å². The summed E-state index contributed by atoms with van der Waals surface area (Å²) in [4.78, 5) is 12.3. The molecule has 1 heterocycles. The molecule has 2 nitrogen and oxygen atoms in total. The van der Waals surface area contributed by atoms with Gasteiger partial charge in [-0.15, -0.1) is 0 Å². The summed E-state index contributed by atoms with van der Waals surface area (Å²) in [5.41, 5.74) is 2.46. The molecule has 0 aliphatic rings. The van der Waals surface area contributed by atoms with Gasteiger partial charge in [-0.1, -0.05) is 46.3 Å². The molecule has 0 aliphatic carbocycles. The van der Waals surface area contributed by atoms with Gasteiger partial charge in [0, 0.05) is 10.7 Å². The van der Waals surface area contributed by atoms with E-state index in [9.17, 15) is 4.79 Å². The molecule has 2 aromatic rings. The Morgan fingerprint density at radius 1 is 1.32 bits per heavy atom. The minimum absolute atomic E-state index is 0.0236. The first-order valence-electron chi connectivity index (χ1n) is 6.03. The van der Waals surface area contributed by atoms with Crippen LogP contribution in [0.3, 0.4) is 0 Å². The number of rotatable bonds is 4. The maximum absolute atomic E-state index is 12.3. The lowest BCUT2D eigenvalue weighted by molar-refractivity contribution is 0.0914. The summed E-state index contributed by atoms with van der Waals surface area (Å²) in [5.74, 6) is -0.0236. The Morgan fingerprint density at radius 3 is 2.53 bits per heavy atom. The molecule has 4 heteroatoms. The molecule has 19 heavy (non-hydrogen) atoms. The molecule has 0 saturated heterocycles. The van der Waals surface area contributed by atoms with Gasteiger partial charge in [-0.2, -0.15) is 11.3 Å². The number of hydrogen-bond donors (Lipinski definition) is 1. The quantitative estimate of drug-likeness (QED) is 0.836. The van der Waals surface area contributed by atoms with Crippen LogP contribution >= 0.6 is 27.3 Å². The number of amides is 1. The molecule has 100 valence electrons. The van der Waals surface area contributed by atoms with E-state index in [1.807, 2.05) is 54.9 Å². The van der Waals surface area contributed by atoms with Crippen molar-refractivity contribution in [3.05, 3.63) is 57.8 Å². The van der Waals surface area contributed by atoms with Crippen LogP contribution in [0.5, 0.6) is 0 Å². The average molecular weight is 338 g/mol. The molecule has 1 N–H and O–H groups in total. The fraction of sp³-hybridized carbons (Fsp3) is 0.267. The average Bonchev–Trinajstić information content (AvgIpc) is 2.86. The van der Waals surface area contributed by atoms with Crippen LogP contribution in [0.15, 0.2) is 41.1 Å². The number of benzene rings is 1. The van der Waals surface area contributed by atoms with Crippen molar-refractivity contribution in [1.29, 1.82) is 0 Å². The summed E-state index contributed by atoms with van der Waals surface area (Å²) >= 11 is 5.06. The molecular weight excluding hydrogens is 322 g/mol.